The summed E-state index contributed by atoms with van der Waals surface area (Å²) < 4.78 is 7.14. The van der Waals surface area contributed by atoms with Crippen LogP contribution in [0.2, 0.25) is 0 Å². The highest BCUT2D eigenvalue weighted by Crippen LogP contribution is 2.34. The molecule has 3 heterocycles. The van der Waals surface area contributed by atoms with Gasteiger partial charge >= 0.3 is 0 Å². The third-order valence-electron chi connectivity index (χ3n) is 3.90. The molecule has 3 aromatic heterocycles. The molecular formula is C17H15N5O. The monoisotopic (exact) mass is 305 g/mol. The smallest absolute Gasteiger partial charge is 0.167 e. The summed E-state index contributed by atoms with van der Waals surface area (Å²) in [5, 5.41) is 6.28. The predicted molar refractivity (Wildman–Crippen MR) is 89.9 cm³/mol. The number of para-hydroxylation sites is 1. The number of pyridine rings is 2. The summed E-state index contributed by atoms with van der Waals surface area (Å²) in [7, 11) is 1.62. The Labute approximate surface area is 132 Å². The average molecular weight is 305 g/mol. The number of rotatable bonds is 2. The Kier molecular flexibility index (Phi) is 2.90. The Bertz CT molecular complexity index is 1020. The van der Waals surface area contributed by atoms with Gasteiger partial charge in [0.2, 0.25) is 0 Å². The summed E-state index contributed by atoms with van der Waals surface area (Å²) >= 11 is 0. The maximum atomic E-state index is 6.40. The number of nitrogens with zero attached hydrogens (tertiary/aromatic N) is 4. The van der Waals surface area contributed by atoms with Crippen LogP contribution < -0.4 is 10.5 Å². The summed E-state index contributed by atoms with van der Waals surface area (Å²) in [6, 6.07) is 11.4. The third-order valence-corrected chi connectivity index (χ3v) is 3.90. The maximum Gasteiger partial charge on any atom is 0.167 e. The minimum absolute atomic E-state index is 0.656. The number of fused-ring (bicyclic) bond motifs is 2. The molecule has 4 rings (SSSR count). The Balaban J connectivity index is 2.16. The van der Waals surface area contributed by atoms with Crippen molar-refractivity contribution in [1.82, 2.24) is 19.7 Å². The lowest BCUT2D eigenvalue weighted by Crippen LogP contribution is -2.01. The van der Waals surface area contributed by atoms with E-state index in [1.54, 1.807) is 18.0 Å². The summed E-state index contributed by atoms with van der Waals surface area (Å²) in [5.74, 6) is 1.38. The van der Waals surface area contributed by atoms with Gasteiger partial charge in [0.25, 0.3) is 0 Å². The molecule has 6 nitrogen and oxygen atoms in total. The molecule has 0 saturated heterocycles. The number of methoxy groups -OCH3 is 1. The van der Waals surface area contributed by atoms with Crippen LogP contribution in [0.4, 0.5) is 5.69 Å². The number of hydrogen-bond acceptors (Lipinski definition) is 5. The van der Waals surface area contributed by atoms with Gasteiger partial charge < -0.3 is 10.5 Å². The molecule has 114 valence electrons. The van der Waals surface area contributed by atoms with Crippen LogP contribution in [0.15, 0.2) is 42.6 Å². The number of anilines is 1. The number of aromatic nitrogens is 4. The van der Waals surface area contributed by atoms with Crippen molar-refractivity contribution in [3.05, 3.63) is 48.3 Å². The van der Waals surface area contributed by atoms with E-state index in [9.17, 15) is 0 Å². The second-order valence-corrected chi connectivity index (χ2v) is 5.27. The number of nitrogen functional groups attached to an aromatic ring is 1. The van der Waals surface area contributed by atoms with Crippen LogP contribution in [-0.2, 0) is 0 Å². The van der Waals surface area contributed by atoms with E-state index in [0.717, 1.165) is 22.0 Å². The fraction of sp³-hybridized carbons (Fsp3) is 0.118. The topological polar surface area (TPSA) is 78.9 Å². The lowest BCUT2D eigenvalue weighted by atomic mass is 10.1. The SMILES string of the molecule is COc1cccc2c(N)c3c(C)nn(-c4ccccn4)c3nc12. The molecule has 0 saturated carbocycles. The second-order valence-electron chi connectivity index (χ2n) is 5.27. The molecule has 0 aliphatic heterocycles. The van der Waals surface area contributed by atoms with E-state index in [0.29, 0.717) is 22.9 Å². The normalized spacial score (nSPS) is 11.2. The summed E-state index contributed by atoms with van der Waals surface area (Å²) in [4.78, 5) is 9.12. The first-order valence-corrected chi connectivity index (χ1v) is 7.23. The summed E-state index contributed by atoms with van der Waals surface area (Å²) in [5.41, 5.74) is 9.27. The van der Waals surface area contributed by atoms with Gasteiger partial charge in [0.15, 0.2) is 11.5 Å². The first-order valence-electron chi connectivity index (χ1n) is 7.23. The Morgan fingerprint density at radius 3 is 2.74 bits per heavy atom. The Morgan fingerprint density at radius 1 is 1.13 bits per heavy atom. The quantitative estimate of drug-likeness (QED) is 0.616. The standard InChI is InChI=1S/C17H15N5O/c1-10-14-15(18)11-6-5-7-12(23-2)16(11)20-17(14)22(21-10)13-8-3-4-9-19-13/h3-9H,1-2H3,(H2,18,20). The molecule has 0 atom stereocenters. The van der Waals surface area contributed by atoms with Gasteiger partial charge in [-0.05, 0) is 25.1 Å². The van der Waals surface area contributed by atoms with E-state index < -0.39 is 0 Å². The number of ether oxygens (including phenoxy) is 1. The first kappa shape index (κ1) is 13.5. The van der Waals surface area contributed by atoms with Crippen molar-refractivity contribution in [2.75, 3.05) is 12.8 Å². The zero-order valence-corrected chi connectivity index (χ0v) is 12.8. The molecule has 4 aromatic rings. The minimum atomic E-state index is 0.656. The summed E-state index contributed by atoms with van der Waals surface area (Å²) in [6.45, 7) is 1.92. The molecule has 0 fully saturated rings. The zero-order chi connectivity index (χ0) is 16.0. The zero-order valence-electron chi connectivity index (χ0n) is 12.8. The third kappa shape index (κ3) is 1.92. The highest BCUT2D eigenvalue weighted by atomic mass is 16.5. The molecule has 1 aromatic carbocycles. The van der Waals surface area contributed by atoms with Crippen LogP contribution >= 0.6 is 0 Å². The molecule has 0 unspecified atom stereocenters. The van der Waals surface area contributed by atoms with Gasteiger partial charge in [0.1, 0.15) is 11.3 Å². The Hall–Kier alpha value is -3.15. The van der Waals surface area contributed by atoms with Crippen LogP contribution in [0.25, 0.3) is 27.8 Å². The molecular weight excluding hydrogens is 290 g/mol. The second kappa shape index (κ2) is 4.95. The van der Waals surface area contributed by atoms with Crippen molar-refractivity contribution < 1.29 is 4.74 Å². The maximum absolute atomic E-state index is 6.40. The van der Waals surface area contributed by atoms with E-state index >= 15 is 0 Å². The molecule has 0 spiro atoms. The fourth-order valence-electron chi connectivity index (χ4n) is 2.83. The first-order chi connectivity index (χ1) is 11.2. The van der Waals surface area contributed by atoms with Crippen LogP contribution in [-0.4, -0.2) is 26.9 Å². The van der Waals surface area contributed by atoms with Crippen LogP contribution in [0.1, 0.15) is 5.69 Å². The molecule has 2 N–H and O–H groups in total. The van der Waals surface area contributed by atoms with Crippen LogP contribution in [0.3, 0.4) is 0 Å². The van der Waals surface area contributed by atoms with Crippen molar-refractivity contribution in [1.29, 1.82) is 0 Å². The van der Waals surface area contributed by atoms with Gasteiger partial charge in [-0.2, -0.15) is 9.78 Å². The molecule has 0 bridgehead atoms. The predicted octanol–water partition coefficient (Wildman–Crippen LogP) is 2.87. The Morgan fingerprint density at radius 2 is 2.00 bits per heavy atom. The van der Waals surface area contributed by atoms with Crippen molar-refractivity contribution in [2.45, 2.75) is 6.92 Å². The molecule has 0 amide bonds. The average Bonchev–Trinajstić information content (AvgIpc) is 2.92. The van der Waals surface area contributed by atoms with Gasteiger partial charge in [-0.3, -0.25) is 0 Å². The van der Waals surface area contributed by atoms with Gasteiger partial charge in [-0.25, -0.2) is 9.97 Å². The molecule has 0 aliphatic carbocycles. The highest BCUT2D eigenvalue weighted by Gasteiger charge is 2.18. The number of hydrogen-bond donors (Lipinski definition) is 1. The van der Waals surface area contributed by atoms with E-state index in [2.05, 4.69) is 10.1 Å². The van der Waals surface area contributed by atoms with Crippen LogP contribution in [0, 0.1) is 6.92 Å². The summed E-state index contributed by atoms with van der Waals surface area (Å²) in [6.07, 6.45) is 1.73. The highest BCUT2D eigenvalue weighted by molar-refractivity contribution is 6.08. The molecule has 0 aliphatic rings. The van der Waals surface area contributed by atoms with Gasteiger partial charge in [-0.15, -0.1) is 0 Å². The molecule has 6 heteroatoms. The number of benzene rings is 1. The van der Waals surface area contributed by atoms with Crippen molar-refractivity contribution in [2.24, 2.45) is 0 Å². The van der Waals surface area contributed by atoms with Gasteiger partial charge in [0.05, 0.1) is 23.9 Å². The minimum Gasteiger partial charge on any atom is -0.494 e. The molecule has 0 radical (unpaired) electrons. The van der Waals surface area contributed by atoms with Crippen molar-refractivity contribution in [3.63, 3.8) is 0 Å². The van der Waals surface area contributed by atoms with E-state index in [1.165, 1.54) is 0 Å². The van der Waals surface area contributed by atoms with Gasteiger partial charge in [-0.1, -0.05) is 18.2 Å². The van der Waals surface area contributed by atoms with E-state index in [-0.39, 0.29) is 0 Å². The number of nitrogens with two attached hydrogens (primary N) is 1. The lowest BCUT2D eigenvalue weighted by molar-refractivity contribution is 0.419. The van der Waals surface area contributed by atoms with Crippen LogP contribution in [0.5, 0.6) is 5.75 Å². The fourth-order valence-corrected chi connectivity index (χ4v) is 2.83. The largest absolute Gasteiger partial charge is 0.494 e. The lowest BCUT2D eigenvalue weighted by Gasteiger charge is -2.08. The number of aryl methyl sites for hydroxylation is 1. The van der Waals surface area contributed by atoms with Gasteiger partial charge in [0, 0.05) is 11.6 Å². The van der Waals surface area contributed by atoms with E-state index in [1.807, 2.05) is 43.3 Å². The van der Waals surface area contributed by atoms with Crippen molar-refractivity contribution in [3.8, 4) is 11.6 Å². The molecule has 23 heavy (non-hydrogen) atoms. The van der Waals surface area contributed by atoms with Crippen molar-refractivity contribution >= 4 is 27.6 Å². The van der Waals surface area contributed by atoms with E-state index in [4.69, 9.17) is 15.5 Å².